The van der Waals surface area contributed by atoms with Gasteiger partial charge in [0.15, 0.2) is 0 Å². The summed E-state index contributed by atoms with van der Waals surface area (Å²) in [5.41, 5.74) is 1.63. The third kappa shape index (κ3) is 1.69. The van der Waals surface area contributed by atoms with Crippen LogP contribution in [0.3, 0.4) is 0 Å². The minimum Gasteiger partial charge on any atom is -0.287 e. The predicted octanol–water partition coefficient (Wildman–Crippen LogP) is 1.02. The topological polar surface area (TPSA) is 34.2 Å². The van der Waals surface area contributed by atoms with Crippen molar-refractivity contribution in [3.8, 4) is 0 Å². The summed E-state index contributed by atoms with van der Waals surface area (Å²) in [6.45, 7) is 6.37. The number of rotatable bonds is 3. The molecule has 3 nitrogen and oxygen atoms in total. The second-order valence-electron chi connectivity index (χ2n) is 2.95. The maximum atomic E-state index is 11.1. The van der Waals surface area contributed by atoms with Crippen LogP contribution in [0.25, 0.3) is 0 Å². The lowest BCUT2D eigenvalue weighted by Crippen LogP contribution is -2.14. The van der Waals surface area contributed by atoms with Gasteiger partial charge in [-0.3, -0.25) is 4.79 Å². The SMILES string of the molecule is CCC[N+]1=[N+]=C(C)C=C1C(C)=O. The van der Waals surface area contributed by atoms with Crippen LogP contribution in [0.15, 0.2) is 11.8 Å². The molecule has 0 fully saturated rings. The standard InChI is InChI=1S/C9H14N2O/c1-4-5-11-9(8(3)12)6-7(2)10-11/h6H,4-5H2,1-3H3/q+2. The number of hydrogen-bond acceptors (Lipinski definition) is 1. The van der Waals surface area contributed by atoms with Crippen LogP contribution in [-0.2, 0) is 4.79 Å². The van der Waals surface area contributed by atoms with Crippen molar-refractivity contribution in [2.75, 3.05) is 6.54 Å². The fourth-order valence-corrected chi connectivity index (χ4v) is 1.21. The molecule has 0 unspecified atom stereocenters. The van der Waals surface area contributed by atoms with E-state index < -0.39 is 0 Å². The van der Waals surface area contributed by atoms with Gasteiger partial charge in [0.1, 0.15) is 10.8 Å². The van der Waals surface area contributed by atoms with Crippen LogP contribution in [0.1, 0.15) is 27.2 Å². The van der Waals surface area contributed by atoms with E-state index >= 15 is 0 Å². The molecule has 0 aromatic heterocycles. The monoisotopic (exact) mass is 166 g/mol. The molecule has 1 aliphatic heterocycles. The number of carbonyl (C=O) groups excluding carboxylic acids is 1. The van der Waals surface area contributed by atoms with Gasteiger partial charge >= 0.3 is 11.4 Å². The van der Waals surface area contributed by atoms with Gasteiger partial charge < -0.3 is 0 Å². The molecule has 0 saturated heterocycles. The van der Waals surface area contributed by atoms with Gasteiger partial charge in [0, 0.05) is 20.3 Å². The van der Waals surface area contributed by atoms with E-state index in [2.05, 4.69) is 11.7 Å². The minimum atomic E-state index is 0.0871. The summed E-state index contributed by atoms with van der Waals surface area (Å²) in [5.74, 6) is 0.0871. The molecular weight excluding hydrogens is 152 g/mol. The second kappa shape index (κ2) is 3.46. The molecule has 1 aliphatic rings. The first-order valence-electron chi connectivity index (χ1n) is 4.20. The van der Waals surface area contributed by atoms with E-state index in [1.54, 1.807) is 11.6 Å². The Labute approximate surface area is 72.1 Å². The highest BCUT2D eigenvalue weighted by atomic mass is 16.1. The van der Waals surface area contributed by atoms with Crippen molar-refractivity contribution in [1.29, 1.82) is 0 Å². The summed E-state index contributed by atoms with van der Waals surface area (Å²) >= 11 is 0. The molecule has 0 atom stereocenters. The van der Waals surface area contributed by atoms with Gasteiger partial charge in [-0.15, -0.1) is 0 Å². The Morgan fingerprint density at radius 3 is 2.83 bits per heavy atom. The molecule has 0 radical (unpaired) electrons. The molecule has 0 aromatic rings. The molecule has 0 N–H and O–H groups in total. The number of ketones is 1. The molecule has 1 rings (SSSR count). The summed E-state index contributed by atoms with van der Waals surface area (Å²) in [6.07, 6.45) is 2.83. The Bertz CT molecular complexity index is 306. The fourth-order valence-electron chi connectivity index (χ4n) is 1.21. The molecule has 12 heavy (non-hydrogen) atoms. The summed E-state index contributed by atoms with van der Waals surface area (Å²) < 4.78 is 1.78. The third-order valence-electron chi connectivity index (χ3n) is 1.70. The molecule has 3 heteroatoms. The van der Waals surface area contributed by atoms with E-state index in [-0.39, 0.29) is 5.78 Å². The highest BCUT2D eigenvalue weighted by molar-refractivity contribution is 5.99. The smallest absolute Gasteiger partial charge is 0.287 e. The van der Waals surface area contributed by atoms with Crippen molar-refractivity contribution in [3.05, 3.63) is 11.8 Å². The predicted molar refractivity (Wildman–Crippen MR) is 45.1 cm³/mol. The van der Waals surface area contributed by atoms with Gasteiger partial charge in [-0.25, -0.2) is 0 Å². The molecule has 0 aromatic carbocycles. The van der Waals surface area contributed by atoms with Gasteiger partial charge in [0.2, 0.25) is 17.1 Å². The average Bonchev–Trinajstić information content (AvgIpc) is 2.32. The lowest BCUT2D eigenvalue weighted by molar-refractivity contribution is -0.806. The van der Waals surface area contributed by atoms with Gasteiger partial charge in [-0.1, -0.05) is 6.92 Å². The summed E-state index contributed by atoms with van der Waals surface area (Å²) in [5, 5.41) is 0. The summed E-state index contributed by atoms with van der Waals surface area (Å²) in [6, 6.07) is 0. The quantitative estimate of drug-likeness (QED) is 0.455. The number of nitrogens with zero attached hydrogens (tertiary/aromatic N) is 2. The minimum absolute atomic E-state index is 0.0871. The fraction of sp³-hybridized carbons (Fsp3) is 0.556. The van der Waals surface area contributed by atoms with Crippen LogP contribution in [0.4, 0.5) is 0 Å². The normalized spacial score (nSPS) is 15.4. The van der Waals surface area contributed by atoms with E-state index in [9.17, 15) is 4.79 Å². The van der Waals surface area contributed by atoms with E-state index in [4.69, 9.17) is 0 Å². The zero-order valence-electron chi connectivity index (χ0n) is 7.79. The highest BCUT2D eigenvalue weighted by Gasteiger charge is 2.33. The van der Waals surface area contributed by atoms with Crippen molar-refractivity contribution in [3.63, 3.8) is 0 Å². The molecule has 64 valence electrons. The Morgan fingerprint density at radius 2 is 2.33 bits per heavy atom. The molecule has 0 saturated carbocycles. The Balaban J connectivity index is 2.90. The Morgan fingerprint density at radius 1 is 1.67 bits per heavy atom. The van der Waals surface area contributed by atoms with Crippen LogP contribution in [0, 0.1) is 0 Å². The summed E-state index contributed by atoms with van der Waals surface area (Å²) in [7, 11) is 0. The molecular formula is C9H14N2O+2. The van der Waals surface area contributed by atoms with Crippen molar-refractivity contribution >= 4 is 11.5 Å². The maximum absolute atomic E-state index is 11.1. The number of allylic oxidation sites excluding steroid dienone is 2. The van der Waals surface area contributed by atoms with E-state index in [1.165, 1.54) is 0 Å². The average molecular weight is 166 g/mol. The van der Waals surface area contributed by atoms with Crippen molar-refractivity contribution in [2.45, 2.75) is 27.2 Å². The first kappa shape index (κ1) is 8.88. The molecule has 0 bridgehead atoms. The highest BCUT2D eigenvalue weighted by Crippen LogP contribution is 2.03. The van der Waals surface area contributed by atoms with E-state index in [0.29, 0.717) is 5.70 Å². The van der Waals surface area contributed by atoms with Crippen LogP contribution in [0.5, 0.6) is 0 Å². The van der Waals surface area contributed by atoms with Crippen LogP contribution in [-0.4, -0.2) is 27.5 Å². The molecule has 1 heterocycles. The van der Waals surface area contributed by atoms with Crippen molar-refractivity contribution < 1.29 is 14.3 Å². The van der Waals surface area contributed by atoms with Gasteiger partial charge in [0.25, 0.3) is 0 Å². The molecule has 0 amide bonds. The summed E-state index contributed by atoms with van der Waals surface area (Å²) in [4.78, 5) is 15.3. The molecule has 0 aliphatic carbocycles. The first-order valence-corrected chi connectivity index (χ1v) is 4.20. The second-order valence-corrected chi connectivity index (χ2v) is 2.95. The van der Waals surface area contributed by atoms with Crippen LogP contribution < -0.4 is 0 Å². The Hall–Kier alpha value is -1.21. The maximum Gasteiger partial charge on any atom is 0.390 e. The van der Waals surface area contributed by atoms with E-state index in [1.807, 2.05) is 13.0 Å². The van der Waals surface area contributed by atoms with Gasteiger partial charge in [-0.2, -0.15) is 0 Å². The lowest BCUT2D eigenvalue weighted by atomic mass is 10.2. The van der Waals surface area contributed by atoms with Crippen LogP contribution in [0.2, 0.25) is 0 Å². The van der Waals surface area contributed by atoms with Crippen LogP contribution >= 0.6 is 0 Å². The number of Topliss-reactive ketones (excluding diaryl/α,β-unsaturated/α-hetero) is 1. The molecule has 0 spiro atoms. The van der Waals surface area contributed by atoms with E-state index in [0.717, 1.165) is 18.7 Å². The van der Waals surface area contributed by atoms with Gasteiger partial charge in [-0.05, 0) is 0 Å². The van der Waals surface area contributed by atoms with Crippen molar-refractivity contribution in [2.24, 2.45) is 0 Å². The third-order valence-corrected chi connectivity index (χ3v) is 1.70. The lowest BCUT2D eigenvalue weighted by Gasteiger charge is -1.83. The largest absolute Gasteiger partial charge is 0.390 e. The Kier molecular flexibility index (Phi) is 2.56. The van der Waals surface area contributed by atoms with Crippen molar-refractivity contribution in [1.82, 2.24) is 0 Å². The number of carbonyl (C=O) groups is 1. The number of hydrogen-bond donors (Lipinski definition) is 0. The van der Waals surface area contributed by atoms with Gasteiger partial charge in [0.05, 0.1) is 0 Å². The first-order chi connectivity index (χ1) is 5.65. The zero-order valence-corrected chi connectivity index (χ0v) is 7.79. The zero-order chi connectivity index (χ0) is 9.14.